The van der Waals surface area contributed by atoms with E-state index in [4.69, 9.17) is 5.11 Å². The molecule has 0 unspecified atom stereocenters. The third-order valence-corrected chi connectivity index (χ3v) is 4.41. The van der Waals surface area contributed by atoms with Crippen molar-refractivity contribution >= 4 is 11.9 Å². The highest BCUT2D eigenvalue weighted by Crippen LogP contribution is 2.35. The van der Waals surface area contributed by atoms with E-state index in [0.717, 1.165) is 6.42 Å². The molecule has 1 aromatic heterocycles. The molecule has 126 valence electrons. The van der Waals surface area contributed by atoms with Gasteiger partial charge >= 0.3 is 5.97 Å². The Morgan fingerprint density at radius 2 is 2.12 bits per heavy atom. The molecule has 3 rings (SSSR count). The third-order valence-electron chi connectivity index (χ3n) is 4.41. The Labute approximate surface area is 138 Å². The number of carboxylic acids is 1. The van der Waals surface area contributed by atoms with Crippen molar-refractivity contribution in [2.45, 2.75) is 38.1 Å². The molecular formula is C17H18FN3O3. The summed E-state index contributed by atoms with van der Waals surface area (Å²) in [6.07, 6.45) is 3.75. The molecule has 0 radical (unpaired) electrons. The predicted octanol–water partition coefficient (Wildman–Crippen LogP) is 2.45. The van der Waals surface area contributed by atoms with Crippen molar-refractivity contribution in [3.63, 3.8) is 0 Å². The van der Waals surface area contributed by atoms with Crippen molar-refractivity contribution in [3.8, 4) is 5.69 Å². The summed E-state index contributed by atoms with van der Waals surface area (Å²) in [6, 6.07) is 5.88. The lowest BCUT2D eigenvalue weighted by Crippen LogP contribution is -2.54. The quantitative estimate of drug-likeness (QED) is 0.881. The van der Waals surface area contributed by atoms with Gasteiger partial charge in [-0.15, -0.1) is 0 Å². The van der Waals surface area contributed by atoms with Crippen LogP contribution in [0, 0.1) is 12.7 Å². The van der Waals surface area contributed by atoms with Gasteiger partial charge in [0.05, 0.1) is 17.6 Å². The number of aromatic nitrogens is 2. The van der Waals surface area contributed by atoms with E-state index in [1.165, 1.54) is 16.8 Å². The molecule has 1 amide bonds. The van der Waals surface area contributed by atoms with Crippen molar-refractivity contribution in [2.75, 3.05) is 0 Å². The van der Waals surface area contributed by atoms with Crippen LogP contribution < -0.4 is 5.32 Å². The SMILES string of the molecule is Cc1cc(F)ccc1-n1ccc(C(=O)NC2(CC(=O)O)CCC2)n1. The van der Waals surface area contributed by atoms with Crippen molar-refractivity contribution in [2.24, 2.45) is 0 Å². The lowest BCUT2D eigenvalue weighted by Gasteiger charge is -2.41. The largest absolute Gasteiger partial charge is 0.481 e. The number of nitrogens with one attached hydrogen (secondary N) is 1. The van der Waals surface area contributed by atoms with E-state index in [-0.39, 0.29) is 17.9 Å². The molecule has 1 heterocycles. The van der Waals surface area contributed by atoms with E-state index in [1.807, 2.05) is 0 Å². The summed E-state index contributed by atoms with van der Waals surface area (Å²) in [5, 5.41) is 16.0. The minimum absolute atomic E-state index is 0.0868. The van der Waals surface area contributed by atoms with Gasteiger partial charge in [0, 0.05) is 6.20 Å². The van der Waals surface area contributed by atoms with Gasteiger partial charge in [0.25, 0.3) is 5.91 Å². The number of halogens is 1. The molecule has 0 saturated heterocycles. The molecule has 0 atom stereocenters. The molecule has 24 heavy (non-hydrogen) atoms. The van der Waals surface area contributed by atoms with Crippen LogP contribution in [0.25, 0.3) is 5.69 Å². The van der Waals surface area contributed by atoms with E-state index in [0.29, 0.717) is 24.1 Å². The van der Waals surface area contributed by atoms with E-state index >= 15 is 0 Å². The molecule has 0 spiro atoms. The third kappa shape index (κ3) is 3.15. The summed E-state index contributed by atoms with van der Waals surface area (Å²) in [5.41, 5.74) is 0.916. The van der Waals surface area contributed by atoms with Crippen molar-refractivity contribution < 1.29 is 19.1 Å². The van der Waals surface area contributed by atoms with Crippen molar-refractivity contribution in [1.29, 1.82) is 0 Å². The lowest BCUT2D eigenvalue weighted by atomic mass is 9.74. The molecule has 0 bridgehead atoms. The zero-order valence-electron chi connectivity index (χ0n) is 13.3. The van der Waals surface area contributed by atoms with Crippen LogP contribution >= 0.6 is 0 Å². The van der Waals surface area contributed by atoms with Gasteiger partial charge < -0.3 is 10.4 Å². The van der Waals surface area contributed by atoms with Crippen LogP contribution in [-0.2, 0) is 4.79 Å². The van der Waals surface area contributed by atoms with E-state index < -0.39 is 17.4 Å². The fourth-order valence-corrected chi connectivity index (χ4v) is 3.00. The minimum atomic E-state index is -0.928. The van der Waals surface area contributed by atoms with Crippen LogP contribution in [-0.4, -0.2) is 32.3 Å². The highest BCUT2D eigenvalue weighted by Gasteiger charge is 2.40. The Bertz CT molecular complexity index is 796. The Morgan fingerprint density at radius 1 is 1.38 bits per heavy atom. The molecule has 1 fully saturated rings. The maximum atomic E-state index is 13.2. The average molecular weight is 331 g/mol. The van der Waals surface area contributed by atoms with Gasteiger partial charge in [-0.2, -0.15) is 5.10 Å². The number of aliphatic carboxylic acids is 1. The van der Waals surface area contributed by atoms with Gasteiger partial charge in [-0.05, 0) is 56.0 Å². The van der Waals surface area contributed by atoms with Crippen LogP contribution in [0.3, 0.4) is 0 Å². The first-order valence-electron chi connectivity index (χ1n) is 7.75. The summed E-state index contributed by atoms with van der Waals surface area (Å²) in [5.74, 6) is -1.65. The number of nitrogens with zero attached hydrogens (tertiary/aromatic N) is 2. The number of rotatable bonds is 5. The number of carboxylic acid groups (broad SMARTS) is 1. The van der Waals surface area contributed by atoms with E-state index in [1.54, 1.807) is 25.3 Å². The summed E-state index contributed by atoms with van der Waals surface area (Å²) in [7, 11) is 0. The number of carbonyl (C=O) groups excluding carboxylic acids is 1. The number of amides is 1. The molecule has 7 heteroatoms. The average Bonchev–Trinajstić information content (AvgIpc) is 2.94. The molecule has 1 aliphatic carbocycles. The standard InChI is InChI=1S/C17H18FN3O3/c1-11-9-12(18)3-4-14(11)21-8-5-13(20-21)16(24)19-17(6-2-7-17)10-15(22)23/h3-5,8-9H,2,6-7,10H2,1H3,(H,19,24)(H,22,23). The zero-order valence-corrected chi connectivity index (χ0v) is 13.3. The highest BCUT2D eigenvalue weighted by molar-refractivity contribution is 5.93. The Morgan fingerprint density at radius 3 is 2.71 bits per heavy atom. The Kier molecular flexibility index (Phi) is 4.09. The summed E-state index contributed by atoms with van der Waals surface area (Å²) in [6.45, 7) is 1.76. The molecule has 0 aliphatic heterocycles. The molecule has 1 aliphatic rings. The van der Waals surface area contributed by atoms with E-state index in [9.17, 15) is 14.0 Å². The second-order valence-electron chi connectivity index (χ2n) is 6.23. The Balaban J connectivity index is 1.77. The molecule has 2 aromatic rings. The van der Waals surface area contributed by atoms with Gasteiger partial charge in [-0.3, -0.25) is 9.59 Å². The zero-order chi connectivity index (χ0) is 17.3. The molecular weight excluding hydrogens is 313 g/mol. The van der Waals surface area contributed by atoms with Crippen LogP contribution in [0.2, 0.25) is 0 Å². The van der Waals surface area contributed by atoms with Crippen molar-refractivity contribution in [3.05, 3.63) is 47.5 Å². The fraction of sp³-hybridized carbons (Fsp3) is 0.353. The first kappa shape index (κ1) is 16.2. The monoisotopic (exact) mass is 331 g/mol. The van der Waals surface area contributed by atoms with Crippen molar-refractivity contribution in [1.82, 2.24) is 15.1 Å². The van der Waals surface area contributed by atoms with Crippen LogP contribution in [0.1, 0.15) is 41.7 Å². The van der Waals surface area contributed by atoms with Gasteiger partial charge in [0.2, 0.25) is 0 Å². The Hall–Kier alpha value is -2.70. The fourth-order valence-electron chi connectivity index (χ4n) is 3.00. The number of hydrogen-bond donors (Lipinski definition) is 2. The number of hydrogen-bond acceptors (Lipinski definition) is 3. The number of carbonyl (C=O) groups is 2. The van der Waals surface area contributed by atoms with Gasteiger partial charge in [0.1, 0.15) is 5.82 Å². The molecule has 2 N–H and O–H groups in total. The first-order chi connectivity index (χ1) is 11.4. The van der Waals surface area contributed by atoms with Crippen LogP contribution in [0.15, 0.2) is 30.5 Å². The summed E-state index contributed by atoms with van der Waals surface area (Å²) in [4.78, 5) is 23.4. The maximum Gasteiger partial charge on any atom is 0.305 e. The number of benzene rings is 1. The van der Waals surface area contributed by atoms with Gasteiger partial charge in [0.15, 0.2) is 5.69 Å². The topological polar surface area (TPSA) is 84.2 Å². The lowest BCUT2D eigenvalue weighted by molar-refractivity contribution is -0.139. The van der Waals surface area contributed by atoms with E-state index in [2.05, 4.69) is 10.4 Å². The second-order valence-corrected chi connectivity index (χ2v) is 6.23. The maximum absolute atomic E-state index is 13.2. The van der Waals surface area contributed by atoms with Crippen LogP contribution in [0.4, 0.5) is 4.39 Å². The number of aryl methyl sites for hydroxylation is 1. The molecule has 6 nitrogen and oxygen atoms in total. The normalized spacial score (nSPS) is 15.6. The van der Waals surface area contributed by atoms with Gasteiger partial charge in [-0.1, -0.05) is 0 Å². The molecule has 1 aromatic carbocycles. The summed E-state index contributed by atoms with van der Waals surface area (Å²) >= 11 is 0. The second kappa shape index (κ2) is 6.07. The minimum Gasteiger partial charge on any atom is -0.481 e. The smallest absolute Gasteiger partial charge is 0.305 e. The highest BCUT2D eigenvalue weighted by atomic mass is 19.1. The van der Waals surface area contributed by atoms with Gasteiger partial charge in [-0.25, -0.2) is 9.07 Å². The van der Waals surface area contributed by atoms with Crippen LogP contribution in [0.5, 0.6) is 0 Å². The molecule has 1 saturated carbocycles. The predicted molar refractivity (Wildman–Crippen MR) is 84.6 cm³/mol. The summed E-state index contributed by atoms with van der Waals surface area (Å²) < 4.78 is 14.7. The first-order valence-corrected chi connectivity index (χ1v) is 7.75.